The Labute approximate surface area is 80.9 Å². The topological polar surface area (TPSA) is 52.1 Å². The molecular formula is C8H9ClN2O2. The van der Waals surface area contributed by atoms with Crippen LogP contribution >= 0.6 is 11.6 Å². The second-order valence-electron chi connectivity index (χ2n) is 2.42. The summed E-state index contributed by atoms with van der Waals surface area (Å²) < 4.78 is 4.48. The molecule has 4 nitrogen and oxygen atoms in total. The molecule has 0 saturated carbocycles. The molecule has 0 atom stereocenters. The molecule has 5 heteroatoms. The SMILES string of the molecule is COC(=O)CCc1ccc(Cl)nn1. The maximum Gasteiger partial charge on any atom is 0.305 e. The van der Waals surface area contributed by atoms with Crippen LogP contribution in [0.25, 0.3) is 0 Å². The van der Waals surface area contributed by atoms with Crippen molar-refractivity contribution in [1.82, 2.24) is 10.2 Å². The van der Waals surface area contributed by atoms with Gasteiger partial charge in [0.1, 0.15) is 0 Å². The molecule has 0 bridgehead atoms. The predicted molar refractivity (Wildman–Crippen MR) is 47.4 cm³/mol. The first-order valence-electron chi connectivity index (χ1n) is 3.77. The number of aryl methyl sites for hydroxylation is 1. The van der Waals surface area contributed by atoms with Gasteiger partial charge in [0.05, 0.1) is 19.2 Å². The van der Waals surface area contributed by atoms with E-state index >= 15 is 0 Å². The minimum Gasteiger partial charge on any atom is -0.469 e. The molecule has 0 aromatic carbocycles. The van der Waals surface area contributed by atoms with E-state index in [1.807, 2.05) is 0 Å². The van der Waals surface area contributed by atoms with Gasteiger partial charge in [0, 0.05) is 6.42 Å². The smallest absolute Gasteiger partial charge is 0.305 e. The van der Waals surface area contributed by atoms with Gasteiger partial charge in [-0.2, -0.15) is 5.10 Å². The molecule has 0 fully saturated rings. The van der Waals surface area contributed by atoms with Crippen LogP contribution in [-0.2, 0) is 16.0 Å². The molecule has 70 valence electrons. The Bertz CT molecular complexity index is 287. The van der Waals surface area contributed by atoms with Gasteiger partial charge < -0.3 is 4.74 Å². The molecule has 1 rings (SSSR count). The van der Waals surface area contributed by atoms with Crippen molar-refractivity contribution in [3.05, 3.63) is 23.0 Å². The molecule has 0 aliphatic rings. The van der Waals surface area contributed by atoms with Crippen LogP contribution in [0.5, 0.6) is 0 Å². The Kier molecular flexibility index (Phi) is 3.64. The molecule has 0 aliphatic carbocycles. The molecule has 1 aromatic heterocycles. The largest absolute Gasteiger partial charge is 0.469 e. The van der Waals surface area contributed by atoms with Crippen molar-refractivity contribution in [2.24, 2.45) is 0 Å². The Morgan fingerprint density at radius 1 is 1.54 bits per heavy atom. The summed E-state index contributed by atoms with van der Waals surface area (Å²) in [5.41, 5.74) is 0.731. The lowest BCUT2D eigenvalue weighted by Gasteiger charge is -1.98. The molecule has 1 heterocycles. The van der Waals surface area contributed by atoms with Crippen LogP contribution < -0.4 is 0 Å². The van der Waals surface area contributed by atoms with Gasteiger partial charge in [-0.3, -0.25) is 4.79 Å². The first-order chi connectivity index (χ1) is 6.22. The van der Waals surface area contributed by atoms with Crippen molar-refractivity contribution < 1.29 is 9.53 Å². The molecule has 13 heavy (non-hydrogen) atoms. The summed E-state index contributed by atoms with van der Waals surface area (Å²) in [7, 11) is 1.36. The lowest BCUT2D eigenvalue weighted by Crippen LogP contribution is -2.03. The summed E-state index contributed by atoms with van der Waals surface area (Å²) in [4.78, 5) is 10.8. The molecule has 0 aliphatic heterocycles. The van der Waals surface area contributed by atoms with Gasteiger partial charge in [-0.15, -0.1) is 5.10 Å². The number of hydrogen-bond donors (Lipinski definition) is 0. The number of methoxy groups -OCH3 is 1. The first-order valence-corrected chi connectivity index (χ1v) is 4.15. The van der Waals surface area contributed by atoms with Crippen LogP contribution in [0, 0.1) is 0 Å². The highest BCUT2D eigenvalue weighted by Gasteiger charge is 2.02. The van der Waals surface area contributed by atoms with Gasteiger partial charge >= 0.3 is 5.97 Å². The number of aromatic nitrogens is 2. The van der Waals surface area contributed by atoms with E-state index in [9.17, 15) is 4.79 Å². The van der Waals surface area contributed by atoms with Gasteiger partial charge in [0.15, 0.2) is 5.15 Å². The van der Waals surface area contributed by atoms with Gasteiger partial charge in [-0.25, -0.2) is 0 Å². The molecule has 0 unspecified atom stereocenters. The van der Waals surface area contributed by atoms with Crippen molar-refractivity contribution in [2.75, 3.05) is 7.11 Å². The lowest BCUT2D eigenvalue weighted by molar-refractivity contribution is -0.140. The highest BCUT2D eigenvalue weighted by atomic mass is 35.5. The fourth-order valence-corrected chi connectivity index (χ4v) is 0.910. The highest BCUT2D eigenvalue weighted by Crippen LogP contribution is 2.04. The summed E-state index contributed by atoms with van der Waals surface area (Å²) in [6, 6.07) is 3.37. The Morgan fingerprint density at radius 3 is 2.85 bits per heavy atom. The van der Waals surface area contributed by atoms with Crippen LogP contribution in [0.1, 0.15) is 12.1 Å². The molecule has 1 aromatic rings. The van der Waals surface area contributed by atoms with E-state index in [-0.39, 0.29) is 5.97 Å². The summed E-state index contributed by atoms with van der Waals surface area (Å²) in [5, 5.41) is 7.79. The molecule has 0 N–H and O–H groups in total. The molecular weight excluding hydrogens is 192 g/mol. The standard InChI is InChI=1S/C8H9ClN2O2/c1-13-8(12)5-3-6-2-4-7(9)11-10-6/h2,4H,3,5H2,1H3. The molecule has 0 spiro atoms. The number of carbonyl (C=O) groups is 1. The Hall–Kier alpha value is -1.16. The van der Waals surface area contributed by atoms with E-state index in [1.165, 1.54) is 7.11 Å². The number of carbonyl (C=O) groups excluding carboxylic acids is 1. The zero-order valence-electron chi connectivity index (χ0n) is 7.16. The third-order valence-electron chi connectivity index (χ3n) is 1.50. The summed E-state index contributed by atoms with van der Waals surface area (Å²) in [5.74, 6) is -0.253. The number of halogens is 1. The number of hydrogen-bond acceptors (Lipinski definition) is 4. The minimum atomic E-state index is -0.253. The van der Waals surface area contributed by atoms with Crippen LogP contribution in [0.4, 0.5) is 0 Å². The average molecular weight is 201 g/mol. The minimum absolute atomic E-state index is 0.253. The fraction of sp³-hybridized carbons (Fsp3) is 0.375. The van der Waals surface area contributed by atoms with E-state index in [1.54, 1.807) is 12.1 Å². The first kappa shape index (κ1) is 9.92. The van der Waals surface area contributed by atoms with Crippen LogP contribution in [0.2, 0.25) is 5.15 Å². The Balaban J connectivity index is 2.46. The second-order valence-corrected chi connectivity index (χ2v) is 2.81. The van der Waals surface area contributed by atoms with E-state index in [0.717, 1.165) is 5.69 Å². The van der Waals surface area contributed by atoms with Crippen molar-refractivity contribution in [3.63, 3.8) is 0 Å². The van der Waals surface area contributed by atoms with Crippen LogP contribution in [0.3, 0.4) is 0 Å². The highest BCUT2D eigenvalue weighted by molar-refractivity contribution is 6.29. The predicted octanol–water partition coefficient (Wildman–Crippen LogP) is 1.24. The molecule has 0 saturated heterocycles. The maximum atomic E-state index is 10.8. The summed E-state index contributed by atoms with van der Waals surface area (Å²) in [6.07, 6.45) is 0.837. The average Bonchev–Trinajstić information content (AvgIpc) is 2.16. The van der Waals surface area contributed by atoms with Gasteiger partial charge in [0.2, 0.25) is 0 Å². The van der Waals surface area contributed by atoms with Gasteiger partial charge in [0.25, 0.3) is 0 Å². The van der Waals surface area contributed by atoms with Crippen molar-refractivity contribution in [2.45, 2.75) is 12.8 Å². The zero-order chi connectivity index (χ0) is 9.68. The van der Waals surface area contributed by atoms with Gasteiger partial charge in [-0.1, -0.05) is 11.6 Å². The summed E-state index contributed by atoms with van der Waals surface area (Å²) >= 11 is 5.54. The second kappa shape index (κ2) is 4.77. The van der Waals surface area contributed by atoms with Gasteiger partial charge in [-0.05, 0) is 12.1 Å². The summed E-state index contributed by atoms with van der Waals surface area (Å²) in [6.45, 7) is 0. The van der Waals surface area contributed by atoms with Crippen molar-refractivity contribution in [3.8, 4) is 0 Å². The quantitative estimate of drug-likeness (QED) is 0.689. The lowest BCUT2D eigenvalue weighted by atomic mass is 10.2. The van der Waals surface area contributed by atoms with E-state index in [4.69, 9.17) is 11.6 Å². The van der Waals surface area contributed by atoms with E-state index in [2.05, 4.69) is 14.9 Å². The van der Waals surface area contributed by atoms with Crippen molar-refractivity contribution in [1.29, 1.82) is 0 Å². The Morgan fingerprint density at radius 2 is 2.31 bits per heavy atom. The maximum absolute atomic E-state index is 10.8. The molecule has 0 radical (unpaired) electrons. The third kappa shape index (κ3) is 3.38. The zero-order valence-corrected chi connectivity index (χ0v) is 7.91. The number of ether oxygens (including phenoxy) is 1. The number of nitrogens with zero attached hydrogens (tertiary/aromatic N) is 2. The van der Waals surface area contributed by atoms with Crippen LogP contribution in [-0.4, -0.2) is 23.3 Å². The number of esters is 1. The molecule has 0 amide bonds. The fourth-order valence-electron chi connectivity index (χ4n) is 0.809. The van der Waals surface area contributed by atoms with E-state index in [0.29, 0.717) is 18.0 Å². The monoisotopic (exact) mass is 200 g/mol. The number of rotatable bonds is 3. The normalized spacial score (nSPS) is 9.69. The van der Waals surface area contributed by atoms with E-state index < -0.39 is 0 Å². The third-order valence-corrected chi connectivity index (χ3v) is 1.70. The van der Waals surface area contributed by atoms with Crippen molar-refractivity contribution >= 4 is 17.6 Å². The van der Waals surface area contributed by atoms with Crippen LogP contribution in [0.15, 0.2) is 12.1 Å².